The Hall–Kier alpha value is -3.43. The summed E-state index contributed by atoms with van der Waals surface area (Å²) >= 11 is 5.96. The second-order valence-corrected chi connectivity index (χ2v) is 11.2. The van der Waals surface area contributed by atoms with E-state index in [2.05, 4.69) is 5.32 Å². The van der Waals surface area contributed by atoms with Gasteiger partial charge in [0, 0.05) is 23.7 Å². The monoisotopic (exact) mass is 559 g/mol. The number of aryl methyl sites for hydroxylation is 1. The van der Waals surface area contributed by atoms with Crippen molar-refractivity contribution in [1.29, 1.82) is 0 Å². The van der Waals surface area contributed by atoms with E-state index >= 15 is 0 Å². The first-order valence-corrected chi connectivity index (χ1v) is 14.0. The lowest BCUT2D eigenvalue weighted by Crippen LogP contribution is -2.51. The van der Waals surface area contributed by atoms with Crippen LogP contribution in [0.15, 0.2) is 77.7 Å². The van der Waals surface area contributed by atoms with Gasteiger partial charge in [-0.25, -0.2) is 12.8 Å². The molecule has 10 heteroatoms. The summed E-state index contributed by atoms with van der Waals surface area (Å²) in [6.07, 6.45) is 0.695. The predicted molar refractivity (Wildman–Crippen MR) is 147 cm³/mol. The Bertz CT molecular complexity index is 1380. The number of halogens is 2. The molecule has 38 heavy (non-hydrogen) atoms. The molecule has 0 spiro atoms. The van der Waals surface area contributed by atoms with Crippen molar-refractivity contribution in [1.82, 2.24) is 10.2 Å². The van der Waals surface area contributed by atoms with Gasteiger partial charge in [-0.3, -0.25) is 13.9 Å². The lowest BCUT2D eigenvalue weighted by Gasteiger charge is -2.32. The molecule has 2 amide bonds. The fourth-order valence-corrected chi connectivity index (χ4v) is 5.37. The second-order valence-electron chi connectivity index (χ2n) is 8.88. The first kappa shape index (κ1) is 29.1. The van der Waals surface area contributed by atoms with E-state index in [4.69, 9.17) is 11.6 Å². The minimum Gasteiger partial charge on any atom is -0.354 e. The Kier molecular flexibility index (Phi) is 9.88. The van der Waals surface area contributed by atoms with Crippen molar-refractivity contribution in [2.24, 2.45) is 0 Å². The topological polar surface area (TPSA) is 86.8 Å². The van der Waals surface area contributed by atoms with Crippen LogP contribution in [0, 0.1) is 12.7 Å². The second kappa shape index (κ2) is 12.9. The van der Waals surface area contributed by atoms with Crippen molar-refractivity contribution in [2.75, 3.05) is 17.4 Å². The maximum atomic E-state index is 14.5. The van der Waals surface area contributed by atoms with Gasteiger partial charge in [0.25, 0.3) is 10.0 Å². The molecule has 0 unspecified atom stereocenters. The van der Waals surface area contributed by atoms with Crippen LogP contribution in [0.5, 0.6) is 0 Å². The molecule has 0 saturated carbocycles. The van der Waals surface area contributed by atoms with Gasteiger partial charge in [-0.1, -0.05) is 48.9 Å². The number of hydrogen-bond donors (Lipinski definition) is 1. The van der Waals surface area contributed by atoms with Crippen LogP contribution in [-0.4, -0.2) is 44.3 Å². The predicted octanol–water partition coefficient (Wildman–Crippen LogP) is 4.93. The molecule has 0 aliphatic heterocycles. The largest absolute Gasteiger partial charge is 0.354 e. The Morgan fingerprint density at radius 1 is 1.03 bits per heavy atom. The van der Waals surface area contributed by atoms with Crippen molar-refractivity contribution in [3.8, 4) is 0 Å². The zero-order chi connectivity index (χ0) is 27.9. The van der Waals surface area contributed by atoms with Crippen molar-refractivity contribution >= 4 is 39.1 Å². The van der Waals surface area contributed by atoms with Crippen LogP contribution in [0.2, 0.25) is 5.02 Å². The summed E-state index contributed by atoms with van der Waals surface area (Å²) in [7, 11) is -4.20. The lowest BCUT2D eigenvalue weighted by molar-refractivity contribution is -0.139. The molecule has 0 fully saturated rings. The van der Waals surface area contributed by atoms with Gasteiger partial charge < -0.3 is 10.2 Å². The highest BCUT2D eigenvalue weighted by molar-refractivity contribution is 7.92. The number of hydrogen-bond acceptors (Lipinski definition) is 4. The smallest absolute Gasteiger partial charge is 0.264 e. The van der Waals surface area contributed by atoms with Gasteiger partial charge in [-0.05, 0) is 68.3 Å². The van der Waals surface area contributed by atoms with Crippen LogP contribution >= 0.6 is 11.6 Å². The zero-order valence-corrected chi connectivity index (χ0v) is 23.1. The van der Waals surface area contributed by atoms with Crippen molar-refractivity contribution < 1.29 is 22.4 Å². The summed E-state index contributed by atoms with van der Waals surface area (Å²) in [6.45, 7) is 4.83. The quantitative estimate of drug-likeness (QED) is 0.361. The molecule has 1 N–H and O–H groups in total. The molecule has 0 saturated heterocycles. The summed E-state index contributed by atoms with van der Waals surface area (Å²) in [5.74, 6) is -1.61. The van der Waals surface area contributed by atoms with E-state index in [-0.39, 0.29) is 22.7 Å². The number of sulfonamides is 1. The third-order valence-corrected chi connectivity index (χ3v) is 8.03. The van der Waals surface area contributed by atoms with Crippen LogP contribution in [-0.2, 0) is 26.2 Å². The number of amides is 2. The van der Waals surface area contributed by atoms with E-state index in [0.717, 1.165) is 9.87 Å². The van der Waals surface area contributed by atoms with Gasteiger partial charge in [0.15, 0.2) is 0 Å². The first-order chi connectivity index (χ1) is 18.0. The van der Waals surface area contributed by atoms with E-state index < -0.39 is 40.2 Å². The van der Waals surface area contributed by atoms with Gasteiger partial charge in [0.1, 0.15) is 18.4 Å². The van der Waals surface area contributed by atoms with Crippen LogP contribution in [0.25, 0.3) is 0 Å². The Balaban J connectivity index is 2.03. The number of nitrogens with one attached hydrogen (secondary N) is 1. The van der Waals surface area contributed by atoms with E-state index in [1.807, 2.05) is 19.9 Å². The maximum absolute atomic E-state index is 14.5. The third kappa shape index (κ3) is 7.11. The van der Waals surface area contributed by atoms with Gasteiger partial charge in [-0.15, -0.1) is 0 Å². The summed E-state index contributed by atoms with van der Waals surface area (Å²) in [5, 5.41) is 3.12. The molecule has 202 valence electrons. The highest BCUT2D eigenvalue weighted by Crippen LogP contribution is 2.26. The summed E-state index contributed by atoms with van der Waals surface area (Å²) in [5.41, 5.74) is 1.28. The molecular formula is C28H31ClFN3O4S. The standard InChI is InChI=1S/C28H31ClFN3O4S/c1-4-16-31-28(35)21(3)32(18-22-9-5-6-11-26(22)30)27(34)19-33(24-10-7-8-20(2)17-24)38(36,37)25-14-12-23(29)13-15-25/h5-15,17,21H,4,16,18-19H2,1-3H3,(H,31,35)/t21-/m1/s1. The number of rotatable bonds is 11. The number of benzene rings is 3. The third-order valence-electron chi connectivity index (χ3n) is 5.99. The maximum Gasteiger partial charge on any atom is 0.264 e. The highest BCUT2D eigenvalue weighted by atomic mass is 35.5. The van der Waals surface area contributed by atoms with Crippen LogP contribution in [0.3, 0.4) is 0 Å². The van der Waals surface area contributed by atoms with Crippen molar-refractivity contribution in [3.05, 3.63) is 94.8 Å². The molecule has 7 nitrogen and oxygen atoms in total. The van der Waals surface area contributed by atoms with E-state index in [9.17, 15) is 22.4 Å². The lowest BCUT2D eigenvalue weighted by atomic mass is 10.1. The van der Waals surface area contributed by atoms with E-state index in [0.29, 0.717) is 18.0 Å². The molecular weight excluding hydrogens is 529 g/mol. The SMILES string of the molecule is CCCNC(=O)[C@@H](C)N(Cc1ccccc1F)C(=O)CN(c1cccc(C)c1)S(=O)(=O)c1ccc(Cl)cc1. The van der Waals surface area contributed by atoms with E-state index in [1.165, 1.54) is 54.3 Å². The molecule has 0 heterocycles. The fourth-order valence-electron chi connectivity index (χ4n) is 3.83. The normalized spacial score (nSPS) is 12.0. The zero-order valence-electron chi connectivity index (χ0n) is 21.5. The van der Waals surface area contributed by atoms with Crippen LogP contribution < -0.4 is 9.62 Å². The number of anilines is 1. The average molecular weight is 560 g/mol. The molecule has 3 rings (SSSR count). The molecule has 0 bridgehead atoms. The van der Waals surface area contributed by atoms with Crippen LogP contribution in [0.4, 0.5) is 10.1 Å². The van der Waals surface area contributed by atoms with Crippen molar-refractivity contribution in [3.63, 3.8) is 0 Å². The van der Waals surface area contributed by atoms with Gasteiger partial charge in [-0.2, -0.15) is 0 Å². The molecule has 0 radical (unpaired) electrons. The molecule has 3 aromatic carbocycles. The number of nitrogens with zero attached hydrogens (tertiary/aromatic N) is 2. The minimum atomic E-state index is -4.20. The Morgan fingerprint density at radius 2 is 1.71 bits per heavy atom. The fraction of sp³-hybridized carbons (Fsp3) is 0.286. The molecule has 0 aromatic heterocycles. The Morgan fingerprint density at radius 3 is 2.34 bits per heavy atom. The minimum absolute atomic E-state index is 0.0504. The van der Waals surface area contributed by atoms with Crippen molar-refractivity contribution in [2.45, 2.75) is 44.7 Å². The summed E-state index contributed by atoms with van der Waals surface area (Å²) < 4.78 is 43.0. The average Bonchev–Trinajstić information content (AvgIpc) is 2.89. The van der Waals surface area contributed by atoms with Gasteiger partial charge >= 0.3 is 0 Å². The molecule has 0 aliphatic carbocycles. The molecule has 1 atom stereocenters. The summed E-state index contributed by atoms with van der Waals surface area (Å²) in [4.78, 5) is 27.8. The highest BCUT2D eigenvalue weighted by Gasteiger charge is 2.32. The number of carbonyl (C=O) groups is 2. The summed E-state index contributed by atoms with van der Waals surface area (Å²) in [6, 6.07) is 17.3. The first-order valence-electron chi connectivity index (χ1n) is 12.2. The van der Waals surface area contributed by atoms with Crippen LogP contribution in [0.1, 0.15) is 31.4 Å². The van der Waals surface area contributed by atoms with E-state index in [1.54, 1.807) is 24.3 Å². The van der Waals surface area contributed by atoms with Gasteiger partial charge in [0.05, 0.1) is 10.6 Å². The number of carbonyl (C=O) groups excluding carboxylic acids is 2. The Labute approximate surface area is 228 Å². The molecule has 3 aromatic rings. The molecule has 0 aliphatic rings. The van der Waals surface area contributed by atoms with Gasteiger partial charge in [0.2, 0.25) is 11.8 Å².